The standard InChI is InChI=1S/C5H11N3O.C2HF3O2/c6-5(9)7-8-3-1-2-4-8;3-2(4,5)1(6)7/h1-4H2,(H3,6,7,9);(H,6,7). The van der Waals surface area contributed by atoms with Gasteiger partial charge in [0.15, 0.2) is 0 Å². The van der Waals surface area contributed by atoms with E-state index in [2.05, 4.69) is 5.43 Å². The zero-order valence-corrected chi connectivity index (χ0v) is 8.25. The summed E-state index contributed by atoms with van der Waals surface area (Å²) in [7, 11) is 0. The molecule has 1 rings (SSSR count). The molecular weight excluding hydrogens is 231 g/mol. The highest BCUT2D eigenvalue weighted by molar-refractivity contribution is 5.73. The van der Waals surface area contributed by atoms with Crippen molar-refractivity contribution < 1.29 is 27.9 Å². The average molecular weight is 243 g/mol. The lowest BCUT2D eigenvalue weighted by atomic mass is 10.4. The molecule has 1 fully saturated rings. The number of carbonyl (C=O) groups is 2. The molecule has 0 atom stereocenters. The highest BCUT2D eigenvalue weighted by Gasteiger charge is 2.38. The first-order valence-electron chi connectivity index (χ1n) is 4.34. The van der Waals surface area contributed by atoms with Crippen LogP contribution in [0.15, 0.2) is 0 Å². The van der Waals surface area contributed by atoms with E-state index in [4.69, 9.17) is 15.6 Å². The van der Waals surface area contributed by atoms with Crippen LogP contribution >= 0.6 is 0 Å². The van der Waals surface area contributed by atoms with Gasteiger partial charge in [-0.1, -0.05) is 0 Å². The molecule has 0 aromatic heterocycles. The van der Waals surface area contributed by atoms with Gasteiger partial charge in [0, 0.05) is 13.1 Å². The van der Waals surface area contributed by atoms with Crippen LogP contribution in [0.1, 0.15) is 12.8 Å². The lowest BCUT2D eigenvalue weighted by Crippen LogP contribution is -2.43. The second-order valence-corrected chi connectivity index (χ2v) is 2.97. The minimum Gasteiger partial charge on any atom is -0.475 e. The van der Waals surface area contributed by atoms with Gasteiger partial charge >= 0.3 is 18.2 Å². The van der Waals surface area contributed by atoms with Crippen molar-refractivity contribution in [2.24, 2.45) is 5.73 Å². The number of nitrogens with one attached hydrogen (secondary N) is 1. The van der Waals surface area contributed by atoms with Crippen molar-refractivity contribution in [3.63, 3.8) is 0 Å². The molecule has 2 amide bonds. The topological polar surface area (TPSA) is 95.7 Å². The van der Waals surface area contributed by atoms with Gasteiger partial charge in [-0.2, -0.15) is 13.2 Å². The molecule has 1 saturated heterocycles. The van der Waals surface area contributed by atoms with E-state index in [-0.39, 0.29) is 0 Å². The first-order valence-corrected chi connectivity index (χ1v) is 4.34. The largest absolute Gasteiger partial charge is 0.490 e. The maximum atomic E-state index is 10.6. The summed E-state index contributed by atoms with van der Waals surface area (Å²) in [4.78, 5) is 19.1. The van der Waals surface area contributed by atoms with Gasteiger partial charge in [-0.05, 0) is 12.8 Å². The van der Waals surface area contributed by atoms with Crippen molar-refractivity contribution in [1.82, 2.24) is 10.4 Å². The third-order valence-corrected chi connectivity index (χ3v) is 1.62. The van der Waals surface area contributed by atoms with Gasteiger partial charge in [0.05, 0.1) is 0 Å². The number of aliphatic carboxylic acids is 1. The molecule has 1 aliphatic heterocycles. The normalized spacial score (nSPS) is 16.2. The maximum Gasteiger partial charge on any atom is 0.490 e. The number of primary amides is 1. The number of halogens is 3. The highest BCUT2D eigenvalue weighted by Crippen LogP contribution is 2.13. The number of nitrogens with zero attached hydrogens (tertiary/aromatic N) is 1. The van der Waals surface area contributed by atoms with E-state index >= 15 is 0 Å². The van der Waals surface area contributed by atoms with Gasteiger partial charge in [-0.3, -0.25) is 5.43 Å². The van der Waals surface area contributed by atoms with Crippen molar-refractivity contribution in [1.29, 1.82) is 0 Å². The summed E-state index contributed by atoms with van der Waals surface area (Å²) in [6, 6.07) is -0.461. The number of carbonyl (C=O) groups excluding carboxylic acids is 1. The number of carboxylic acids is 1. The summed E-state index contributed by atoms with van der Waals surface area (Å²) in [5, 5.41) is 8.96. The maximum absolute atomic E-state index is 10.6. The zero-order chi connectivity index (χ0) is 12.8. The highest BCUT2D eigenvalue weighted by atomic mass is 19.4. The van der Waals surface area contributed by atoms with E-state index in [9.17, 15) is 18.0 Å². The van der Waals surface area contributed by atoms with Crippen molar-refractivity contribution in [2.45, 2.75) is 19.0 Å². The number of urea groups is 1. The number of rotatable bonds is 1. The van der Waals surface area contributed by atoms with Gasteiger partial charge in [0.2, 0.25) is 0 Å². The Bertz CT molecular complexity index is 251. The fourth-order valence-electron chi connectivity index (χ4n) is 0.985. The third-order valence-electron chi connectivity index (χ3n) is 1.62. The number of hydrogen-bond donors (Lipinski definition) is 3. The SMILES string of the molecule is NC(=O)NN1CCCC1.O=C(O)C(F)(F)F. The molecule has 1 aliphatic rings. The van der Waals surface area contributed by atoms with Crippen molar-refractivity contribution in [2.75, 3.05) is 13.1 Å². The number of nitrogens with two attached hydrogens (primary N) is 1. The molecule has 1 heterocycles. The average Bonchev–Trinajstić information content (AvgIpc) is 2.54. The molecule has 4 N–H and O–H groups in total. The first kappa shape index (κ1) is 14.5. The number of amides is 2. The van der Waals surface area contributed by atoms with Crippen LogP contribution < -0.4 is 11.2 Å². The van der Waals surface area contributed by atoms with Crippen LogP contribution in [0, 0.1) is 0 Å². The minimum atomic E-state index is -5.08. The molecule has 0 saturated carbocycles. The molecule has 0 bridgehead atoms. The van der Waals surface area contributed by atoms with E-state index in [1.807, 2.05) is 5.01 Å². The second kappa shape index (κ2) is 6.16. The quantitative estimate of drug-likeness (QED) is 0.617. The van der Waals surface area contributed by atoms with Gasteiger partial charge in [-0.15, -0.1) is 0 Å². The van der Waals surface area contributed by atoms with Crippen molar-refractivity contribution >= 4 is 12.0 Å². The fraction of sp³-hybridized carbons (Fsp3) is 0.714. The predicted octanol–water partition coefficient (Wildman–Crippen LogP) is 0.299. The van der Waals surface area contributed by atoms with Crippen molar-refractivity contribution in [3.8, 4) is 0 Å². The minimum absolute atomic E-state index is 0.461. The molecule has 0 aromatic carbocycles. The van der Waals surface area contributed by atoms with Crippen LogP contribution in [0.25, 0.3) is 0 Å². The van der Waals surface area contributed by atoms with Crippen LogP contribution in [0.3, 0.4) is 0 Å². The van der Waals surface area contributed by atoms with Crippen LogP contribution in [0.4, 0.5) is 18.0 Å². The zero-order valence-electron chi connectivity index (χ0n) is 8.25. The van der Waals surface area contributed by atoms with Gasteiger partial charge < -0.3 is 10.8 Å². The lowest BCUT2D eigenvalue weighted by Gasteiger charge is -2.12. The monoisotopic (exact) mass is 243 g/mol. The van der Waals surface area contributed by atoms with E-state index in [0.29, 0.717) is 0 Å². The number of alkyl halides is 3. The Hall–Kier alpha value is -1.51. The summed E-state index contributed by atoms with van der Waals surface area (Å²) >= 11 is 0. The molecule has 0 unspecified atom stereocenters. The van der Waals surface area contributed by atoms with Gasteiger partial charge in [-0.25, -0.2) is 14.6 Å². The van der Waals surface area contributed by atoms with Crippen LogP contribution in [-0.4, -0.2) is 41.4 Å². The summed E-state index contributed by atoms with van der Waals surface area (Å²) in [6.07, 6.45) is -2.78. The van der Waals surface area contributed by atoms with E-state index in [1.54, 1.807) is 0 Å². The summed E-state index contributed by atoms with van der Waals surface area (Å²) in [6.45, 7) is 1.87. The molecule has 0 spiro atoms. The Morgan fingerprint density at radius 2 is 1.62 bits per heavy atom. The van der Waals surface area contributed by atoms with Crippen LogP contribution in [0.2, 0.25) is 0 Å². The molecule has 0 radical (unpaired) electrons. The summed E-state index contributed by atoms with van der Waals surface area (Å²) < 4.78 is 31.7. The Morgan fingerprint density at radius 3 is 1.88 bits per heavy atom. The molecule has 0 aliphatic carbocycles. The smallest absolute Gasteiger partial charge is 0.475 e. The summed E-state index contributed by atoms with van der Waals surface area (Å²) in [5.74, 6) is -2.76. The predicted molar refractivity (Wildman–Crippen MR) is 47.2 cm³/mol. The van der Waals surface area contributed by atoms with Gasteiger partial charge in [0.25, 0.3) is 0 Å². The Balaban J connectivity index is 0.000000293. The molecular formula is C7H12F3N3O3. The summed E-state index contributed by atoms with van der Waals surface area (Å²) in [5.41, 5.74) is 7.39. The van der Waals surface area contributed by atoms with Crippen LogP contribution in [0.5, 0.6) is 0 Å². The Labute approximate surface area is 89.2 Å². The molecule has 16 heavy (non-hydrogen) atoms. The van der Waals surface area contributed by atoms with E-state index < -0.39 is 18.2 Å². The van der Waals surface area contributed by atoms with Gasteiger partial charge in [0.1, 0.15) is 0 Å². The third kappa shape index (κ3) is 6.87. The molecule has 94 valence electrons. The first-order chi connectivity index (χ1) is 7.23. The fourth-order valence-corrected chi connectivity index (χ4v) is 0.985. The molecule has 0 aromatic rings. The van der Waals surface area contributed by atoms with E-state index in [1.165, 1.54) is 0 Å². The van der Waals surface area contributed by atoms with Crippen LogP contribution in [-0.2, 0) is 4.79 Å². The van der Waals surface area contributed by atoms with E-state index in [0.717, 1.165) is 25.9 Å². The Morgan fingerprint density at radius 1 is 1.25 bits per heavy atom. The second-order valence-electron chi connectivity index (χ2n) is 2.97. The lowest BCUT2D eigenvalue weighted by molar-refractivity contribution is -0.192. The number of carboxylic acid groups (broad SMARTS) is 1. The molecule has 6 nitrogen and oxygen atoms in total. The number of hydrazine groups is 1. The number of hydrogen-bond acceptors (Lipinski definition) is 3. The Kier molecular flexibility index (Phi) is 5.57. The van der Waals surface area contributed by atoms with Crippen molar-refractivity contribution in [3.05, 3.63) is 0 Å². The molecule has 9 heteroatoms.